The quantitative estimate of drug-likeness (QED) is 0.502. The minimum Gasteiger partial charge on any atom is -0.379 e. The topological polar surface area (TPSA) is 93.5 Å². The lowest BCUT2D eigenvalue weighted by atomic mass is 10.1. The van der Waals surface area contributed by atoms with Gasteiger partial charge >= 0.3 is 0 Å². The van der Waals surface area contributed by atoms with Crippen molar-refractivity contribution in [3.05, 3.63) is 35.4 Å². The van der Waals surface area contributed by atoms with Crippen LogP contribution in [-0.4, -0.2) is 38.1 Å². The van der Waals surface area contributed by atoms with Gasteiger partial charge in [0.05, 0.1) is 13.2 Å². The summed E-state index contributed by atoms with van der Waals surface area (Å²) in [6.07, 6.45) is 2.46. The minimum atomic E-state index is -0.143. The van der Waals surface area contributed by atoms with Crippen molar-refractivity contribution in [2.75, 3.05) is 26.3 Å². The molecule has 0 fully saturated rings. The molecular formula is C19H31N3O3. The van der Waals surface area contributed by atoms with Gasteiger partial charge in [-0.2, -0.15) is 0 Å². The maximum absolute atomic E-state index is 11.9. The molecule has 0 atom stereocenters. The van der Waals surface area contributed by atoms with Gasteiger partial charge in [-0.15, -0.1) is 0 Å². The highest BCUT2D eigenvalue weighted by Gasteiger charge is 2.05. The second kappa shape index (κ2) is 12.4. The summed E-state index contributed by atoms with van der Waals surface area (Å²) in [6, 6.07) is 7.18. The van der Waals surface area contributed by atoms with E-state index in [4.69, 9.17) is 10.5 Å². The van der Waals surface area contributed by atoms with E-state index >= 15 is 0 Å². The number of carbonyl (C=O) groups is 2. The molecule has 0 radical (unpaired) electrons. The average Bonchev–Trinajstić information content (AvgIpc) is 2.61. The summed E-state index contributed by atoms with van der Waals surface area (Å²) in [5, 5.41) is 5.66. The van der Waals surface area contributed by atoms with Crippen molar-refractivity contribution < 1.29 is 14.3 Å². The van der Waals surface area contributed by atoms with Crippen molar-refractivity contribution in [2.45, 2.75) is 39.7 Å². The molecule has 25 heavy (non-hydrogen) atoms. The molecule has 6 nitrogen and oxygen atoms in total. The number of ether oxygens (including phenoxy) is 1. The molecule has 0 bridgehead atoms. The van der Waals surface area contributed by atoms with E-state index in [1.165, 1.54) is 0 Å². The standard InChI is InChI=1S/C19H31N3O3/c1-15(2)4-3-10-21-18(23)9-12-25-13-11-22-19(24)17-7-5-16(14-20)6-8-17/h5-8,15H,3-4,9-14,20H2,1-2H3,(H,21,23)(H,22,24). The summed E-state index contributed by atoms with van der Waals surface area (Å²) in [7, 11) is 0. The zero-order valence-corrected chi connectivity index (χ0v) is 15.3. The van der Waals surface area contributed by atoms with Crippen molar-refractivity contribution in [1.29, 1.82) is 0 Å². The average molecular weight is 349 g/mol. The molecule has 1 aromatic rings. The number of nitrogens with one attached hydrogen (secondary N) is 2. The van der Waals surface area contributed by atoms with Crippen LogP contribution in [0.4, 0.5) is 0 Å². The second-order valence-electron chi connectivity index (χ2n) is 6.41. The highest BCUT2D eigenvalue weighted by atomic mass is 16.5. The SMILES string of the molecule is CC(C)CCCNC(=O)CCOCCNC(=O)c1ccc(CN)cc1. The zero-order valence-electron chi connectivity index (χ0n) is 15.3. The van der Waals surface area contributed by atoms with Gasteiger partial charge in [0.1, 0.15) is 0 Å². The summed E-state index contributed by atoms with van der Waals surface area (Å²) in [4.78, 5) is 23.5. The first-order valence-electron chi connectivity index (χ1n) is 8.94. The first-order chi connectivity index (χ1) is 12.0. The molecule has 0 spiro atoms. The number of nitrogens with two attached hydrogens (primary N) is 1. The molecule has 0 aliphatic heterocycles. The number of benzene rings is 1. The van der Waals surface area contributed by atoms with E-state index in [-0.39, 0.29) is 11.8 Å². The maximum Gasteiger partial charge on any atom is 0.251 e. The normalized spacial score (nSPS) is 10.7. The van der Waals surface area contributed by atoms with Crippen molar-refractivity contribution in [3.8, 4) is 0 Å². The molecule has 0 saturated carbocycles. The van der Waals surface area contributed by atoms with Crippen LogP contribution in [0.25, 0.3) is 0 Å². The first kappa shape index (κ1) is 21.1. The highest BCUT2D eigenvalue weighted by molar-refractivity contribution is 5.94. The molecule has 0 aliphatic rings. The van der Waals surface area contributed by atoms with Crippen LogP contribution >= 0.6 is 0 Å². The number of hydrogen-bond donors (Lipinski definition) is 3. The summed E-state index contributed by atoms with van der Waals surface area (Å²) >= 11 is 0. The van der Waals surface area contributed by atoms with Crippen LogP contribution in [0.15, 0.2) is 24.3 Å². The predicted molar refractivity (Wildman–Crippen MR) is 99.2 cm³/mol. The van der Waals surface area contributed by atoms with Gasteiger partial charge in [-0.25, -0.2) is 0 Å². The Labute approximate surface area is 150 Å². The highest BCUT2D eigenvalue weighted by Crippen LogP contribution is 2.03. The minimum absolute atomic E-state index is 0.00721. The Morgan fingerprint density at radius 3 is 2.44 bits per heavy atom. The van der Waals surface area contributed by atoms with Crippen molar-refractivity contribution >= 4 is 11.8 Å². The summed E-state index contributed by atoms with van der Waals surface area (Å²) < 4.78 is 5.38. The van der Waals surface area contributed by atoms with Gasteiger partial charge in [0.15, 0.2) is 0 Å². The Morgan fingerprint density at radius 1 is 1.08 bits per heavy atom. The molecule has 0 aromatic heterocycles. The van der Waals surface area contributed by atoms with E-state index in [0.29, 0.717) is 44.2 Å². The third-order valence-corrected chi connectivity index (χ3v) is 3.74. The molecule has 6 heteroatoms. The van der Waals surface area contributed by atoms with Gasteiger partial charge in [-0.3, -0.25) is 9.59 Å². The molecule has 140 valence electrons. The molecule has 1 rings (SSSR count). The smallest absolute Gasteiger partial charge is 0.251 e. The fourth-order valence-corrected chi connectivity index (χ4v) is 2.22. The van der Waals surface area contributed by atoms with Crippen LogP contribution in [0.3, 0.4) is 0 Å². The van der Waals surface area contributed by atoms with Gasteiger partial charge in [0.2, 0.25) is 5.91 Å². The van der Waals surface area contributed by atoms with Crippen LogP contribution in [0.2, 0.25) is 0 Å². The van der Waals surface area contributed by atoms with Crippen molar-refractivity contribution in [2.24, 2.45) is 11.7 Å². The number of carbonyl (C=O) groups excluding carboxylic acids is 2. The van der Waals surface area contributed by atoms with Gasteiger partial charge in [0, 0.05) is 31.6 Å². The molecule has 1 aromatic carbocycles. The Balaban J connectivity index is 2.03. The first-order valence-corrected chi connectivity index (χ1v) is 8.94. The van der Waals surface area contributed by atoms with Gasteiger partial charge < -0.3 is 21.1 Å². The maximum atomic E-state index is 11.9. The summed E-state index contributed by atoms with van der Waals surface area (Å²) in [6.45, 7) is 6.67. The van der Waals surface area contributed by atoms with E-state index in [1.807, 2.05) is 12.1 Å². The molecule has 0 unspecified atom stereocenters. The summed E-state index contributed by atoms with van der Waals surface area (Å²) in [5.74, 6) is 0.525. The molecule has 0 saturated heterocycles. The number of amides is 2. The van der Waals surface area contributed by atoms with Crippen LogP contribution < -0.4 is 16.4 Å². The lowest BCUT2D eigenvalue weighted by molar-refractivity contribution is -0.122. The number of rotatable bonds is 12. The monoisotopic (exact) mass is 349 g/mol. The van der Waals surface area contributed by atoms with Crippen LogP contribution in [0, 0.1) is 5.92 Å². The fourth-order valence-electron chi connectivity index (χ4n) is 2.22. The molecule has 4 N–H and O–H groups in total. The Hall–Kier alpha value is -1.92. The number of hydrogen-bond acceptors (Lipinski definition) is 4. The van der Waals surface area contributed by atoms with E-state index < -0.39 is 0 Å². The molecule has 0 heterocycles. The third kappa shape index (κ3) is 9.84. The molecular weight excluding hydrogens is 318 g/mol. The Kier molecular flexibility index (Phi) is 10.5. The summed E-state index contributed by atoms with van der Waals surface area (Å²) in [5.41, 5.74) is 7.11. The molecule has 2 amide bonds. The van der Waals surface area contributed by atoms with E-state index in [1.54, 1.807) is 12.1 Å². The van der Waals surface area contributed by atoms with Crippen LogP contribution in [0.1, 0.15) is 49.0 Å². The Morgan fingerprint density at radius 2 is 1.80 bits per heavy atom. The Bertz CT molecular complexity index is 515. The van der Waals surface area contributed by atoms with Crippen molar-refractivity contribution in [3.63, 3.8) is 0 Å². The fraction of sp³-hybridized carbons (Fsp3) is 0.579. The third-order valence-electron chi connectivity index (χ3n) is 3.74. The van der Waals surface area contributed by atoms with Crippen molar-refractivity contribution in [1.82, 2.24) is 10.6 Å². The largest absolute Gasteiger partial charge is 0.379 e. The van der Waals surface area contributed by atoms with E-state index in [0.717, 1.165) is 24.9 Å². The lowest BCUT2D eigenvalue weighted by Crippen LogP contribution is -2.28. The lowest BCUT2D eigenvalue weighted by Gasteiger charge is -2.08. The molecule has 0 aliphatic carbocycles. The van der Waals surface area contributed by atoms with Gasteiger partial charge in [-0.05, 0) is 36.5 Å². The van der Waals surface area contributed by atoms with E-state index in [9.17, 15) is 9.59 Å². The zero-order chi connectivity index (χ0) is 18.5. The van der Waals surface area contributed by atoms with Crippen LogP contribution in [-0.2, 0) is 16.1 Å². The van der Waals surface area contributed by atoms with Gasteiger partial charge in [0.25, 0.3) is 5.91 Å². The van der Waals surface area contributed by atoms with E-state index in [2.05, 4.69) is 24.5 Å². The van der Waals surface area contributed by atoms with Gasteiger partial charge in [-0.1, -0.05) is 26.0 Å². The predicted octanol–water partition coefficient (Wildman–Crippen LogP) is 1.83. The second-order valence-corrected chi connectivity index (χ2v) is 6.41. The van der Waals surface area contributed by atoms with Crippen LogP contribution in [0.5, 0.6) is 0 Å².